The molecule has 1 amide bonds. The Kier molecular flexibility index (Phi) is 6.29. The van der Waals surface area contributed by atoms with Crippen molar-refractivity contribution in [1.29, 1.82) is 0 Å². The summed E-state index contributed by atoms with van der Waals surface area (Å²) < 4.78 is 10.5. The van der Waals surface area contributed by atoms with Crippen molar-refractivity contribution in [3.05, 3.63) is 65.5 Å². The van der Waals surface area contributed by atoms with Crippen LogP contribution in [0, 0.1) is 6.92 Å². The number of carbonyl (C=O) groups excluding carboxylic acids is 1. The fourth-order valence-electron chi connectivity index (χ4n) is 2.90. The minimum atomic E-state index is -0.356. The lowest BCUT2D eigenvalue weighted by Gasteiger charge is -2.13. The van der Waals surface area contributed by atoms with Crippen LogP contribution in [0.2, 0.25) is 0 Å². The quantitative estimate of drug-likeness (QED) is 0.621. The van der Waals surface area contributed by atoms with E-state index in [1.807, 2.05) is 31.2 Å². The number of nitrogens with zero attached hydrogens (tertiary/aromatic N) is 2. The van der Waals surface area contributed by atoms with Gasteiger partial charge >= 0.3 is 0 Å². The first-order chi connectivity index (χ1) is 14.0. The Morgan fingerprint density at radius 1 is 1.00 bits per heavy atom. The smallest absolute Gasteiger partial charge is 0.274 e. The van der Waals surface area contributed by atoms with Crippen LogP contribution in [0.3, 0.4) is 0 Å². The zero-order valence-corrected chi connectivity index (χ0v) is 16.9. The number of carbonyl (C=O) groups is 1. The molecule has 0 unspecified atom stereocenters. The van der Waals surface area contributed by atoms with Crippen molar-refractivity contribution in [2.45, 2.75) is 20.3 Å². The predicted octanol–water partition coefficient (Wildman–Crippen LogP) is 4.36. The first kappa shape index (κ1) is 20.1. The summed E-state index contributed by atoms with van der Waals surface area (Å²) >= 11 is 0. The molecule has 0 atom stereocenters. The van der Waals surface area contributed by atoms with Gasteiger partial charge in [-0.25, -0.2) is 9.97 Å². The predicted molar refractivity (Wildman–Crippen MR) is 113 cm³/mol. The third-order valence-corrected chi connectivity index (χ3v) is 4.39. The highest BCUT2D eigenvalue weighted by molar-refractivity contribution is 6.04. The highest BCUT2D eigenvalue weighted by Gasteiger charge is 2.14. The van der Waals surface area contributed by atoms with Crippen LogP contribution in [0.1, 0.15) is 28.7 Å². The minimum absolute atomic E-state index is 0.256. The number of ether oxygens (including phenoxy) is 2. The summed E-state index contributed by atoms with van der Waals surface area (Å²) in [5, 5.41) is 6.05. The van der Waals surface area contributed by atoms with Gasteiger partial charge in [-0.05, 0) is 43.2 Å². The van der Waals surface area contributed by atoms with Crippen LogP contribution in [-0.2, 0) is 6.42 Å². The molecule has 0 aliphatic carbocycles. The van der Waals surface area contributed by atoms with E-state index >= 15 is 0 Å². The van der Waals surface area contributed by atoms with Gasteiger partial charge in [-0.1, -0.05) is 25.1 Å². The number of anilines is 3. The van der Waals surface area contributed by atoms with Crippen molar-refractivity contribution in [2.24, 2.45) is 0 Å². The second-order valence-corrected chi connectivity index (χ2v) is 6.37. The largest absolute Gasteiger partial charge is 0.497 e. The summed E-state index contributed by atoms with van der Waals surface area (Å²) in [5.74, 6) is 1.15. The van der Waals surface area contributed by atoms with Crippen LogP contribution in [0.15, 0.2) is 48.5 Å². The molecule has 1 heterocycles. The van der Waals surface area contributed by atoms with Gasteiger partial charge in [0.15, 0.2) is 0 Å². The van der Waals surface area contributed by atoms with Crippen molar-refractivity contribution in [1.82, 2.24) is 9.97 Å². The molecule has 150 valence electrons. The maximum atomic E-state index is 12.8. The first-order valence-corrected chi connectivity index (χ1v) is 9.28. The van der Waals surface area contributed by atoms with Gasteiger partial charge in [0.25, 0.3) is 5.91 Å². The van der Waals surface area contributed by atoms with Crippen molar-refractivity contribution in [2.75, 3.05) is 24.9 Å². The average Bonchev–Trinajstić information content (AvgIpc) is 2.74. The lowest BCUT2D eigenvalue weighted by molar-refractivity contribution is 0.102. The molecule has 0 fully saturated rings. The van der Waals surface area contributed by atoms with Crippen molar-refractivity contribution >= 4 is 23.2 Å². The molecule has 0 radical (unpaired) electrons. The topological polar surface area (TPSA) is 85.4 Å². The molecular weight excluding hydrogens is 368 g/mol. The average molecular weight is 392 g/mol. The Morgan fingerprint density at radius 3 is 2.52 bits per heavy atom. The molecule has 2 aromatic carbocycles. The van der Waals surface area contributed by atoms with Crippen molar-refractivity contribution in [3.63, 3.8) is 0 Å². The molecule has 3 aromatic rings. The lowest BCUT2D eigenvalue weighted by atomic mass is 10.1. The van der Waals surface area contributed by atoms with Crippen LogP contribution in [0.5, 0.6) is 11.5 Å². The maximum absolute atomic E-state index is 12.8. The Balaban J connectivity index is 1.85. The second kappa shape index (κ2) is 9.05. The fraction of sp³-hybridized carbons (Fsp3) is 0.227. The number of hydrogen-bond acceptors (Lipinski definition) is 6. The van der Waals surface area contributed by atoms with Gasteiger partial charge in [0.05, 0.1) is 19.9 Å². The van der Waals surface area contributed by atoms with Crippen LogP contribution in [0.4, 0.5) is 17.3 Å². The van der Waals surface area contributed by atoms with E-state index in [2.05, 4.69) is 27.5 Å². The Morgan fingerprint density at radius 2 is 1.79 bits per heavy atom. The molecule has 0 spiro atoms. The van der Waals surface area contributed by atoms with Crippen LogP contribution in [-0.4, -0.2) is 30.1 Å². The normalized spacial score (nSPS) is 10.3. The number of methoxy groups -OCH3 is 2. The second-order valence-electron chi connectivity index (χ2n) is 6.37. The SMILES string of the molecule is CCc1ccccc1Nc1nc(C)cc(C(=O)Nc2ccc(OC)cc2OC)n1. The standard InChI is InChI=1S/C22H24N4O3/c1-5-15-8-6-7-9-17(15)25-22-23-14(2)12-19(26-22)21(27)24-18-11-10-16(28-3)13-20(18)29-4/h6-13H,5H2,1-4H3,(H,24,27)(H,23,25,26). The van der Waals surface area contributed by atoms with Crippen LogP contribution < -0.4 is 20.1 Å². The van der Waals surface area contributed by atoms with E-state index in [1.165, 1.54) is 7.11 Å². The van der Waals surface area contributed by atoms with Gasteiger partial charge in [-0.2, -0.15) is 0 Å². The number of para-hydroxylation sites is 1. The van der Waals surface area contributed by atoms with E-state index < -0.39 is 0 Å². The Labute approximate surface area is 170 Å². The summed E-state index contributed by atoms with van der Waals surface area (Å²) in [4.78, 5) is 21.6. The van der Waals surface area contributed by atoms with E-state index in [1.54, 1.807) is 31.4 Å². The van der Waals surface area contributed by atoms with Crippen molar-refractivity contribution in [3.8, 4) is 11.5 Å². The summed E-state index contributed by atoms with van der Waals surface area (Å²) in [5.41, 5.74) is 3.53. The van der Waals surface area contributed by atoms with Gasteiger partial charge in [0.1, 0.15) is 17.2 Å². The molecule has 29 heavy (non-hydrogen) atoms. The number of rotatable bonds is 7. The van der Waals surface area contributed by atoms with E-state index in [4.69, 9.17) is 9.47 Å². The minimum Gasteiger partial charge on any atom is -0.497 e. The number of aromatic nitrogens is 2. The fourth-order valence-corrected chi connectivity index (χ4v) is 2.90. The molecule has 0 saturated heterocycles. The molecule has 7 heteroatoms. The van der Waals surface area contributed by atoms with E-state index in [0.29, 0.717) is 28.8 Å². The summed E-state index contributed by atoms with van der Waals surface area (Å²) in [6, 6.07) is 14.8. The number of benzene rings is 2. The number of amides is 1. The molecule has 1 aromatic heterocycles. The lowest BCUT2D eigenvalue weighted by Crippen LogP contribution is -2.16. The van der Waals surface area contributed by atoms with E-state index in [9.17, 15) is 4.79 Å². The molecule has 0 saturated carbocycles. The molecule has 0 aliphatic heterocycles. The van der Waals surface area contributed by atoms with Crippen LogP contribution >= 0.6 is 0 Å². The monoisotopic (exact) mass is 392 g/mol. The van der Waals surface area contributed by atoms with Gasteiger partial charge in [-0.15, -0.1) is 0 Å². The molecule has 7 nitrogen and oxygen atoms in total. The maximum Gasteiger partial charge on any atom is 0.274 e. The van der Waals surface area contributed by atoms with E-state index in [-0.39, 0.29) is 11.6 Å². The number of aryl methyl sites for hydroxylation is 2. The van der Waals surface area contributed by atoms with Gasteiger partial charge in [0.2, 0.25) is 5.95 Å². The third-order valence-electron chi connectivity index (χ3n) is 4.39. The summed E-state index contributed by atoms with van der Waals surface area (Å²) in [6.07, 6.45) is 0.875. The Bertz CT molecular complexity index is 1020. The molecule has 2 N–H and O–H groups in total. The number of nitrogens with one attached hydrogen (secondary N) is 2. The molecule has 3 rings (SSSR count). The number of hydrogen-bond donors (Lipinski definition) is 2. The van der Waals surface area contributed by atoms with Gasteiger partial charge < -0.3 is 20.1 Å². The zero-order valence-electron chi connectivity index (χ0n) is 16.9. The van der Waals surface area contributed by atoms with Gasteiger partial charge in [0, 0.05) is 17.4 Å². The molecule has 0 bridgehead atoms. The summed E-state index contributed by atoms with van der Waals surface area (Å²) in [7, 11) is 3.11. The summed E-state index contributed by atoms with van der Waals surface area (Å²) in [6.45, 7) is 3.90. The highest BCUT2D eigenvalue weighted by Crippen LogP contribution is 2.29. The Hall–Kier alpha value is -3.61. The highest BCUT2D eigenvalue weighted by atomic mass is 16.5. The third kappa shape index (κ3) is 4.82. The van der Waals surface area contributed by atoms with Crippen LogP contribution in [0.25, 0.3) is 0 Å². The molecule has 0 aliphatic rings. The van der Waals surface area contributed by atoms with Gasteiger partial charge in [-0.3, -0.25) is 4.79 Å². The van der Waals surface area contributed by atoms with Crippen molar-refractivity contribution < 1.29 is 14.3 Å². The van der Waals surface area contributed by atoms with E-state index in [0.717, 1.165) is 17.7 Å². The zero-order chi connectivity index (χ0) is 20.8. The first-order valence-electron chi connectivity index (χ1n) is 9.28. The molecular formula is C22H24N4O3.